The van der Waals surface area contributed by atoms with Crippen LogP contribution in [0, 0.1) is 0 Å². The molecule has 0 amide bonds. The number of carbonyl (C=O) groups is 1. The molecule has 0 aliphatic rings. The van der Waals surface area contributed by atoms with Crippen molar-refractivity contribution in [2.75, 3.05) is 26.4 Å². The van der Waals surface area contributed by atoms with Crippen LogP contribution in [0.1, 0.15) is 20.8 Å². The highest BCUT2D eigenvalue weighted by atomic mass is 16.7. The minimum absolute atomic E-state index is 0.0127. The van der Waals surface area contributed by atoms with Crippen LogP contribution in [-0.2, 0) is 19.0 Å². The Morgan fingerprint density at radius 3 is 1.93 bits per heavy atom. The molecule has 0 aliphatic carbocycles. The number of hydrogen-bond donors (Lipinski definition) is 1. The number of ether oxygens (including phenoxy) is 3. The van der Waals surface area contributed by atoms with Crippen LogP contribution in [0.3, 0.4) is 0 Å². The molecule has 0 heterocycles. The molecule has 0 spiro atoms. The fourth-order valence-electron chi connectivity index (χ4n) is 0.890. The lowest BCUT2D eigenvalue weighted by Crippen LogP contribution is -2.14. The zero-order chi connectivity index (χ0) is 11.7. The van der Waals surface area contributed by atoms with Crippen LogP contribution < -0.4 is 0 Å². The van der Waals surface area contributed by atoms with Gasteiger partial charge in [0.05, 0.1) is 19.8 Å². The van der Waals surface area contributed by atoms with Crippen molar-refractivity contribution in [2.24, 2.45) is 0 Å². The Kier molecular flexibility index (Phi) is 7.44. The molecular formula is C10H18O5. The fourth-order valence-corrected chi connectivity index (χ4v) is 0.890. The highest BCUT2D eigenvalue weighted by Gasteiger charge is 2.17. The Bertz CT molecular complexity index is 214. The average molecular weight is 218 g/mol. The molecule has 0 fully saturated rings. The predicted molar refractivity (Wildman–Crippen MR) is 54.4 cm³/mol. The average Bonchev–Trinajstić information content (AvgIpc) is 2.18. The van der Waals surface area contributed by atoms with Crippen molar-refractivity contribution in [3.8, 4) is 0 Å². The maximum Gasteiger partial charge on any atom is 0.341 e. The zero-order valence-corrected chi connectivity index (χ0v) is 9.41. The van der Waals surface area contributed by atoms with Crippen molar-refractivity contribution in [1.82, 2.24) is 0 Å². The van der Waals surface area contributed by atoms with Crippen LogP contribution in [0.5, 0.6) is 0 Å². The molecule has 5 heteroatoms. The maximum atomic E-state index is 10.9. The molecule has 0 atom stereocenters. The Morgan fingerprint density at radius 1 is 1.07 bits per heavy atom. The number of carboxylic acids is 1. The van der Waals surface area contributed by atoms with Gasteiger partial charge in [0.1, 0.15) is 5.57 Å². The summed E-state index contributed by atoms with van der Waals surface area (Å²) in [6.07, 6.45) is 0. The number of carboxylic acid groups (broad SMARTS) is 1. The monoisotopic (exact) mass is 218 g/mol. The first-order valence-corrected chi connectivity index (χ1v) is 4.97. The molecular weight excluding hydrogens is 200 g/mol. The van der Waals surface area contributed by atoms with E-state index in [9.17, 15) is 4.79 Å². The van der Waals surface area contributed by atoms with E-state index in [0.717, 1.165) is 0 Å². The Labute approximate surface area is 89.6 Å². The summed E-state index contributed by atoms with van der Waals surface area (Å²) in [6, 6.07) is 0. The largest absolute Gasteiger partial charge is 0.478 e. The molecule has 0 aliphatic heterocycles. The van der Waals surface area contributed by atoms with Crippen LogP contribution in [0.2, 0.25) is 0 Å². The quantitative estimate of drug-likeness (QED) is 0.492. The standard InChI is InChI=1S/C10H18O5/c1-4-13-7-8(9(11)12)10(14-5-2)15-6-3/h4-7H2,1-3H3,(H,11,12). The first-order valence-electron chi connectivity index (χ1n) is 4.97. The number of hydrogen-bond acceptors (Lipinski definition) is 4. The number of rotatable bonds is 8. The van der Waals surface area contributed by atoms with Gasteiger partial charge in [-0.3, -0.25) is 0 Å². The summed E-state index contributed by atoms with van der Waals surface area (Å²) < 4.78 is 15.2. The lowest BCUT2D eigenvalue weighted by Gasteiger charge is -2.12. The summed E-state index contributed by atoms with van der Waals surface area (Å²) in [5, 5.41) is 8.93. The van der Waals surface area contributed by atoms with E-state index in [-0.39, 0.29) is 18.1 Å². The van der Waals surface area contributed by atoms with Gasteiger partial charge in [-0.25, -0.2) is 4.79 Å². The highest BCUT2D eigenvalue weighted by Crippen LogP contribution is 2.09. The molecule has 88 valence electrons. The Balaban J connectivity index is 4.70. The molecule has 0 unspecified atom stereocenters. The first-order chi connectivity index (χ1) is 7.17. The van der Waals surface area contributed by atoms with E-state index in [2.05, 4.69) is 0 Å². The highest BCUT2D eigenvalue weighted by molar-refractivity contribution is 5.87. The lowest BCUT2D eigenvalue weighted by molar-refractivity contribution is -0.134. The van der Waals surface area contributed by atoms with Gasteiger partial charge in [0, 0.05) is 6.61 Å². The summed E-state index contributed by atoms with van der Waals surface area (Å²) in [4.78, 5) is 10.9. The second-order valence-electron chi connectivity index (χ2n) is 2.57. The third-order valence-electron chi connectivity index (χ3n) is 1.51. The molecule has 15 heavy (non-hydrogen) atoms. The summed E-state index contributed by atoms with van der Waals surface area (Å²) in [5.41, 5.74) is 0.0144. The second kappa shape index (κ2) is 8.11. The van der Waals surface area contributed by atoms with E-state index in [1.807, 2.05) is 0 Å². The van der Waals surface area contributed by atoms with Crippen LogP contribution in [0.25, 0.3) is 0 Å². The summed E-state index contributed by atoms with van der Waals surface area (Å²) >= 11 is 0. The van der Waals surface area contributed by atoms with Gasteiger partial charge >= 0.3 is 5.97 Å². The lowest BCUT2D eigenvalue weighted by atomic mass is 10.3. The van der Waals surface area contributed by atoms with Gasteiger partial charge in [-0.15, -0.1) is 0 Å². The van der Waals surface area contributed by atoms with Crippen LogP contribution in [0.15, 0.2) is 11.5 Å². The molecule has 1 N–H and O–H groups in total. The molecule has 5 nitrogen and oxygen atoms in total. The van der Waals surface area contributed by atoms with Gasteiger partial charge in [-0.2, -0.15) is 0 Å². The van der Waals surface area contributed by atoms with Gasteiger partial charge in [0.15, 0.2) is 0 Å². The molecule has 0 bridgehead atoms. The minimum atomic E-state index is -1.08. The zero-order valence-electron chi connectivity index (χ0n) is 9.41. The molecule has 0 aromatic rings. The SMILES string of the molecule is CCOCC(C(=O)O)=C(OCC)OCC. The van der Waals surface area contributed by atoms with Crippen molar-refractivity contribution in [1.29, 1.82) is 0 Å². The van der Waals surface area contributed by atoms with Crippen molar-refractivity contribution in [3.63, 3.8) is 0 Å². The fraction of sp³-hybridized carbons (Fsp3) is 0.700. The number of aliphatic carboxylic acids is 1. The smallest absolute Gasteiger partial charge is 0.341 e. The Morgan fingerprint density at radius 2 is 1.60 bits per heavy atom. The minimum Gasteiger partial charge on any atom is -0.478 e. The van der Waals surface area contributed by atoms with E-state index in [0.29, 0.717) is 19.8 Å². The van der Waals surface area contributed by atoms with Crippen molar-refractivity contribution >= 4 is 5.97 Å². The third kappa shape index (κ3) is 5.27. The summed E-state index contributed by atoms with van der Waals surface area (Å²) in [7, 11) is 0. The van der Waals surface area contributed by atoms with E-state index in [1.54, 1.807) is 20.8 Å². The van der Waals surface area contributed by atoms with Crippen molar-refractivity contribution in [2.45, 2.75) is 20.8 Å². The predicted octanol–water partition coefficient (Wildman–Crippen LogP) is 1.39. The first kappa shape index (κ1) is 13.8. The van der Waals surface area contributed by atoms with E-state index in [1.165, 1.54) is 0 Å². The second-order valence-corrected chi connectivity index (χ2v) is 2.57. The van der Waals surface area contributed by atoms with Crippen LogP contribution in [-0.4, -0.2) is 37.5 Å². The summed E-state index contributed by atoms with van der Waals surface area (Å²) in [5.74, 6) is -1.04. The van der Waals surface area contributed by atoms with Crippen LogP contribution in [0.4, 0.5) is 0 Å². The van der Waals surface area contributed by atoms with Gasteiger partial charge in [0.25, 0.3) is 5.95 Å². The third-order valence-corrected chi connectivity index (χ3v) is 1.51. The Hall–Kier alpha value is -1.23. The molecule has 0 radical (unpaired) electrons. The van der Waals surface area contributed by atoms with Crippen molar-refractivity contribution < 1.29 is 24.1 Å². The van der Waals surface area contributed by atoms with Gasteiger partial charge in [-0.1, -0.05) is 0 Å². The van der Waals surface area contributed by atoms with E-state index in [4.69, 9.17) is 19.3 Å². The molecule has 0 aromatic heterocycles. The van der Waals surface area contributed by atoms with Crippen molar-refractivity contribution in [3.05, 3.63) is 11.5 Å². The van der Waals surface area contributed by atoms with Gasteiger partial charge in [0.2, 0.25) is 0 Å². The van der Waals surface area contributed by atoms with Gasteiger partial charge in [-0.05, 0) is 20.8 Å². The molecule has 0 aromatic carbocycles. The molecule has 0 rings (SSSR count). The maximum absolute atomic E-state index is 10.9. The normalized spacial score (nSPS) is 9.53. The van der Waals surface area contributed by atoms with E-state index >= 15 is 0 Å². The van der Waals surface area contributed by atoms with E-state index < -0.39 is 5.97 Å². The topological polar surface area (TPSA) is 65.0 Å². The van der Waals surface area contributed by atoms with Crippen LogP contribution >= 0.6 is 0 Å². The van der Waals surface area contributed by atoms with Gasteiger partial charge < -0.3 is 19.3 Å². The molecule has 0 saturated carbocycles. The molecule has 0 saturated heterocycles. The summed E-state index contributed by atoms with van der Waals surface area (Å²) in [6.45, 7) is 6.47.